The molecule has 0 atom stereocenters. The number of hydrogen-bond acceptors (Lipinski definition) is 5. The minimum atomic E-state index is -0.454. The summed E-state index contributed by atoms with van der Waals surface area (Å²) in [4.78, 5) is 38.4. The molecule has 0 bridgehead atoms. The molecule has 0 unspecified atom stereocenters. The van der Waals surface area contributed by atoms with Gasteiger partial charge in [-0.25, -0.2) is 0 Å². The number of carbonyl (C=O) groups excluding carboxylic acids is 3. The van der Waals surface area contributed by atoms with Crippen LogP contribution >= 0.6 is 11.8 Å². The molecule has 29 heavy (non-hydrogen) atoms. The molecular formula is C23H19NO4S. The standard InChI is InChI=1S/C23H19NO4S/c1-3-12-28-20-10-8-18(9-11-20)14-21-22(26)24(23(27)29-21)15-19(25)13-17-6-4-16(2)5-7-17/h1,4-11,14H,12-13,15H2,2H3/b21-14-. The van der Waals surface area contributed by atoms with Crippen LogP contribution in [0.15, 0.2) is 53.4 Å². The van der Waals surface area contributed by atoms with Crippen LogP contribution in [-0.4, -0.2) is 35.0 Å². The minimum Gasteiger partial charge on any atom is -0.481 e. The highest BCUT2D eigenvalue weighted by Crippen LogP contribution is 2.32. The van der Waals surface area contributed by atoms with Gasteiger partial charge in [0.1, 0.15) is 12.4 Å². The lowest BCUT2D eigenvalue weighted by atomic mass is 10.1. The minimum absolute atomic E-state index is 0.175. The lowest BCUT2D eigenvalue weighted by Gasteiger charge is -2.11. The Morgan fingerprint density at radius 2 is 1.83 bits per heavy atom. The van der Waals surface area contributed by atoms with Gasteiger partial charge in [0.05, 0.1) is 11.4 Å². The van der Waals surface area contributed by atoms with Crippen molar-refractivity contribution in [3.05, 3.63) is 70.1 Å². The molecule has 0 spiro atoms. The summed E-state index contributed by atoms with van der Waals surface area (Å²) in [6, 6.07) is 14.6. The Bertz CT molecular complexity index is 1000. The molecule has 6 heteroatoms. The highest BCUT2D eigenvalue weighted by atomic mass is 32.2. The van der Waals surface area contributed by atoms with E-state index in [0.29, 0.717) is 5.75 Å². The van der Waals surface area contributed by atoms with Gasteiger partial charge in [0.2, 0.25) is 0 Å². The number of ketones is 1. The molecule has 0 saturated carbocycles. The van der Waals surface area contributed by atoms with Gasteiger partial charge in [-0.2, -0.15) is 0 Å². The third kappa shape index (κ3) is 5.37. The second kappa shape index (κ2) is 9.26. The number of rotatable bonds is 7. The molecule has 1 fully saturated rings. The van der Waals surface area contributed by atoms with Crippen LogP contribution in [0.1, 0.15) is 16.7 Å². The molecule has 0 aliphatic carbocycles. The lowest BCUT2D eigenvalue weighted by Crippen LogP contribution is -2.34. The molecule has 1 aliphatic rings. The van der Waals surface area contributed by atoms with Crippen molar-refractivity contribution in [1.82, 2.24) is 4.90 Å². The van der Waals surface area contributed by atoms with Crippen LogP contribution in [0.4, 0.5) is 4.79 Å². The van der Waals surface area contributed by atoms with Gasteiger partial charge < -0.3 is 4.74 Å². The Labute approximate surface area is 173 Å². The van der Waals surface area contributed by atoms with E-state index in [-0.39, 0.29) is 30.3 Å². The van der Waals surface area contributed by atoms with Crippen molar-refractivity contribution < 1.29 is 19.1 Å². The van der Waals surface area contributed by atoms with E-state index >= 15 is 0 Å². The summed E-state index contributed by atoms with van der Waals surface area (Å²) < 4.78 is 5.31. The van der Waals surface area contributed by atoms with Crippen LogP contribution in [0.25, 0.3) is 6.08 Å². The van der Waals surface area contributed by atoms with E-state index in [1.165, 1.54) is 0 Å². The molecule has 1 heterocycles. The predicted octanol–water partition coefficient (Wildman–Crippen LogP) is 3.86. The average molecular weight is 405 g/mol. The monoisotopic (exact) mass is 405 g/mol. The molecule has 1 aliphatic heterocycles. The van der Waals surface area contributed by atoms with Crippen molar-refractivity contribution >= 4 is 34.8 Å². The van der Waals surface area contributed by atoms with E-state index in [9.17, 15) is 14.4 Å². The van der Waals surface area contributed by atoms with Gasteiger partial charge in [-0.3, -0.25) is 19.3 Å². The normalized spacial score (nSPS) is 14.9. The number of Topliss-reactive ketones (excluding diaryl/α,β-unsaturated/α-hetero) is 1. The third-order valence-corrected chi connectivity index (χ3v) is 5.14. The number of amides is 2. The quantitative estimate of drug-likeness (QED) is 0.517. The molecule has 146 valence electrons. The molecule has 5 nitrogen and oxygen atoms in total. The maximum absolute atomic E-state index is 12.6. The number of ether oxygens (including phenoxy) is 1. The number of thioether (sulfide) groups is 1. The molecule has 2 amide bonds. The van der Waals surface area contributed by atoms with Crippen molar-refractivity contribution in [2.75, 3.05) is 13.2 Å². The maximum Gasteiger partial charge on any atom is 0.293 e. The number of aryl methyl sites for hydroxylation is 1. The van der Waals surface area contributed by atoms with Crippen LogP contribution in [0, 0.1) is 19.3 Å². The highest BCUT2D eigenvalue weighted by Gasteiger charge is 2.36. The van der Waals surface area contributed by atoms with Gasteiger partial charge in [-0.1, -0.05) is 47.9 Å². The summed E-state index contributed by atoms with van der Waals surface area (Å²) in [7, 11) is 0. The van der Waals surface area contributed by atoms with Crippen molar-refractivity contribution in [3.63, 3.8) is 0 Å². The van der Waals surface area contributed by atoms with Gasteiger partial charge in [0.15, 0.2) is 5.78 Å². The van der Waals surface area contributed by atoms with Gasteiger partial charge in [-0.15, -0.1) is 6.42 Å². The second-order valence-corrected chi connectivity index (χ2v) is 7.52. The van der Waals surface area contributed by atoms with E-state index in [4.69, 9.17) is 11.2 Å². The first-order valence-electron chi connectivity index (χ1n) is 8.95. The van der Waals surface area contributed by atoms with Gasteiger partial charge in [-0.05, 0) is 48.0 Å². The molecule has 0 aromatic heterocycles. The Balaban J connectivity index is 1.64. The summed E-state index contributed by atoms with van der Waals surface area (Å²) >= 11 is 0.833. The smallest absolute Gasteiger partial charge is 0.293 e. The SMILES string of the molecule is C#CCOc1ccc(/C=C2\SC(=O)N(CC(=O)Cc3ccc(C)cc3)C2=O)cc1. The first kappa shape index (κ1) is 20.4. The fraction of sp³-hybridized carbons (Fsp3) is 0.174. The van der Waals surface area contributed by atoms with Crippen molar-refractivity contribution in [3.8, 4) is 18.1 Å². The fourth-order valence-corrected chi connectivity index (χ4v) is 3.58. The third-order valence-electron chi connectivity index (χ3n) is 4.23. The number of imide groups is 1. The van der Waals surface area contributed by atoms with Crippen LogP contribution in [0.5, 0.6) is 5.75 Å². The molecule has 1 saturated heterocycles. The number of hydrogen-bond donors (Lipinski definition) is 0. The summed E-state index contributed by atoms with van der Waals surface area (Å²) in [5.74, 6) is 2.36. The van der Waals surface area contributed by atoms with Crippen LogP contribution in [0.3, 0.4) is 0 Å². The van der Waals surface area contributed by atoms with Gasteiger partial charge in [0, 0.05) is 6.42 Å². The van der Waals surface area contributed by atoms with Crippen molar-refractivity contribution in [2.24, 2.45) is 0 Å². The van der Waals surface area contributed by atoms with Gasteiger partial charge >= 0.3 is 0 Å². The molecule has 2 aromatic carbocycles. The maximum atomic E-state index is 12.6. The van der Waals surface area contributed by atoms with E-state index < -0.39 is 11.1 Å². The first-order chi connectivity index (χ1) is 14.0. The fourth-order valence-electron chi connectivity index (χ4n) is 2.74. The van der Waals surface area contributed by atoms with Gasteiger partial charge in [0.25, 0.3) is 11.1 Å². The highest BCUT2D eigenvalue weighted by molar-refractivity contribution is 8.18. The van der Waals surface area contributed by atoms with E-state index in [0.717, 1.165) is 33.4 Å². The molecule has 0 radical (unpaired) electrons. The second-order valence-electron chi connectivity index (χ2n) is 6.53. The molecular weight excluding hydrogens is 386 g/mol. The zero-order chi connectivity index (χ0) is 20.8. The zero-order valence-corrected chi connectivity index (χ0v) is 16.7. The summed E-state index contributed by atoms with van der Waals surface area (Å²) in [6.45, 7) is 1.92. The Kier molecular flexibility index (Phi) is 6.53. The number of nitrogens with zero attached hydrogens (tertiary/aromatic N) is 1. The van der Waals surface area contributed by atoms with Crippen LogP contribution < -0.4 is 4.74 Å². The molecule has 2 aromatic rings. The Morgan fingerprint density at radius 3 is 2.48 bits per heavy atom. The first-order valence-corrected chi connectivity index (χ1v) is 9.77. The van der Waals surface area contributed by atoms with E-state index in [2.05, 4.69) is 5.92 Å². The van der Waals surface area contributed by atoms with Crippen LogP contribution in [0.2, 0.25) is 0 Å². The topological polar surface area (TPSA) is 63.7 Å². The molecule has 0 N–H and O–H groups in total. The van der Waals surface area contributed by atoms with E-state index in [1.807, 2.05) is 31.2 Å². The summed E-state index contributed by atoms with van der Waals surface area (Å²) in [5.41, 5.74) is 2.71. The van der Waals surface area contributed by atoms with E-state index in [1.54, 1.807) is 30.3 Å². The number of benzene rings is 2. The number of terminal acetylenes is 1. The zero-order valence-electron chi connectivity index (χ0n) is 15.9. The number of carbonyl (C=O) groups is 3. The summed E-state index contributed by atoms with van der Waals surface area (Å²) in [5, 5.41) is -0.438. The predicted molar refractivity (Wildman–Crippen MR) is 113 cm³/mol. The van der Waals surface area contributed by atoms with Crippen molar-refractivity contribution in [2.45, 2.75) is 13.3 Å². The lowest BCUT2D eigenvalue weighted by molar-refractivity contribution is -0.128. The Morgan fingerprint density at radius 1 is 1.14 bits per heavy atom. The Hall–Kier alpha value is -3.30. The van der Waals surface area contributed by atoms with Crippen LogP contribution in [-0.2, 0) is 16.0 Å². The molecule has 3 rings (SSSR count). The largest absolute Gasteiger partial charge is 0.481 e. The van der Waals surface area contributed by atoms with Crippen molar-refractivity contribution in [1.29, 1.82) is 0 Å². The summed E-state index contributed by atoms with van der Waals surface area (Å²) in [6.07, 6.45) is 6.96. The average Bonchev–Trinajstić information content (AvgIpc) is 2.96.